The summed E-state index contributed by atoms with van der Waals surface area (Å²) in [6.45, 7) is 9.06. The number of esters is 1. The number of carbonyl (C=O) groups is 2. The molecule has 3 atom stereocenters. The molecule has 112 valence electrons. The number of amides is 1. The van der Waals surface area contributed by atoms with Crippen LogP contribution < -0.4 is 5.32 Å². The van der Waals surface area contributed by atoms with E-state index in [0.717, 1.165) is 6.42 Å². The minimum absolute atomic E-state index is 0.133. The second-order valence-electron chi connectivity index (χ2n) is 5.34. The Hall–Kier alpha value is -0.910. The summed E-state index contributed by atoms with van der Waals surface area (Å²) < 4.78 is 16.6. The Labute approximate surface area is 117 Å². The Morgan fingerprint density at radius 1 is 1.32 bits per heavy atom. The Balaban J connectivity index is 4.49. The van der Waals surface area contributed by atoms with E-state index in [4.69, 9.17) is 0 Å². The number of hydrogen-bond acceptors (Lipinski definition) is 4. The van der Waals surface area contributed by atoms with Gasteiger partial charge in [0.1, 0.15) is 5.25 Å². The average molecular weight is 291 g/mol. The Bertz CT molecular complexity index is 355. The molecule has 0 saturated carbocycles. The molecule has 3 unspecified atom stereocenters. The van der Waals surface area contributed by atoms with Crippen LogP contribution in [0.15, 0.2) is 0 Å². The maximum atomic E-state index is 12.0. The van der Waals surface area contributed by atoms with Gasteiger partial charge in [-0.3, -0.25) is 13.8 Å². The van der Waals surface area contributed by atoms with Crippen molar-refractivity contribution in [3.05, 3.63) is 0 Å². The van der Waals surface area contributed by atoms with E-state index in [1.165, 1.54) is 7.11 Å². The number of ether oxygens (including phenoxy) is 1. The molecule has 0 spiro atoms. The first kappa shape index (κ1) is 18.1. The molecule has 0 aromatic carbocycles. The van der Waals surface area contributed by atoms with Crippen LogP contribution in [0.5, 0.6) is 0 Å². The molecule has 0 aromatic heterocycles. The van der Waals surface area contributed by atoms with Crippen LogP contribution in [0.3, 0.4) is 0 Å². The van der Waals surface area contributed by atoms with E-state index in [2.05, 4.69) is 10.1 Å². The molecule has 0 aliphatic heterocycles. The molecule has 0 aromatic rings. The van der Waals surface area contributed by atoms with Crippen molar-refractivity contribution in [1.29, 1.82) is 0 Å². The molecular formula is C13H25NO4S. The van der Waals surface area contributed by atoms with Gasteiger partial charge in [-0.2, -0.15) is 0 Å². The lowest BCUT2D eigenvalue weighted by molar-refractivity contribution is -0.144. The molecule has 0 fully saturated rings. The minimum Gasteiger partial charge on any atom is -0.469 e. The highest BCUT2D eigenvalue weighted by molar-refractivity contribution is 7.86. The van der Waals surface area contributed by atoms with Gasteiger partial charge in [-0.05, 0) is 27.2 Å². The number of rotatable bonds is 7. The second kappa shape index (κ2) is 7.62. The van der Waals surface area contributed by atoms with Crippen LogP contribution in [0, 0.1) is 5.92 Å². The summed E-state index contributed by atoms with van der Waals surface area (Å²) >= 11 is 0. The van der Waals surface area contributed by atoms with Gasteiger partial charge >= 0.3 is 5.97 Å². The first-order chi connectivity index (χ1) is 8.64. The standard InChI is InChI=1S/C13H25NO4S/c1-7-13(4,5)14-11(15)10(3)19(17)8-9(2)12(16)18-6/h9-10H,7-8H2,1-6H3,(H,14,15). The van der Waals surface area contributed by atoms with E-state index in [-0.39, 0.29) is 17.2 Å². The fourth-order valence-corrected chi connectivity index (χ4v) is 2.52. The van der Waals surface area contributed by atoms with Crippen LogP contribution in [0.2, 0.25) is 0 Å². The summed E-state index contributed by atoms with van der Waals surface area (Å²) in [6.07, 6.45) is 0.788. The predicted octanol–water partition coefficient (Wildman–Crippen LogP) is 1.24. The summed E-state index contributed by atoms with van der Waals surface area (Å²) in [4.78, 5) is 23.2. The maximum Gasteiger partial charge on any atom is 0.309 e. The van der Waals surface area contributed by atoms with Crippen molar-refractivity contribution in [2.75, 3.05) is 12.9 Å². The molecule has 0 heterocycles. The third-order valence-corrected chi connectivity index (χ3v) is 4.96. The zero-order chi connectivity index (χ0) is 15.2. The molecule has 0 aliphatic carbocycles. The van der Waals surface area contributed by atoms with E-state index in [1.54, 1.807) is 13.8 Å². The molecule has 5 nitrogen and oxygen atoms in total. The third-order valence-electron chi connectivity index (χ3n) is 3.13. The van der Waals surface area contributed by atoms with Crippen LogP contribution in [0.4, 0.5) is 0 Å². The molecule has 0 bridgehead atoms. The van der Waals surface area contributed by atoms with Gasteiger partial charge in [0.15, 0.2) is 0 Å². The second-order valence-corrected chi connectivity index (χ2v) is 7.14. The van der Waals surface area contributed by atoms with Gasteiger partial charge < -0.3 is 10.1 Å². The van der Waals surface area contributed by atoms with E-state index in [0.29, 0.717) is 0 Å². The van der Waals surface area contributed by atoms with Crippen molar-refractivity contribution in [3.8, 4) is 0 Å². The summed E-state index contributed by atoms with van der Waals surface area (Å²) in [5.74, 6) is -0.995. The lowest BCUT2D eigenvalue weighted by atomic mass is 10.0. The minimum atomic E-state index is -1.40. The highest BCUT2D eigenvalue weighted by Gasteiger charge is 2.27. The van der Waals surface area contributed by atoms with Gasteiger partial charge in [-0.25, -0.2) is 0 Å². The van der Waals surface area contributed by atoms with Crippen LogP contribution in [-0.4, -0.2) is 39.7 Å². The third kappa shape index (κ3) is 6.18. The monoisotopic (exact) mass is 291 g/mol. The van der Waals surface area contributed by atoms with Crippen molar-refractivity contribution in [1.82, 2.24) is 5.32 Å². The fourth-order valence-electron chi connectivity index (χ4n) is 1.30. The van der Waals surface area contributed by atoms with Gasteiger partial charge in [0.2, 0.25) is 5.91 Å². The molecule has 1 N–H and O–H groups in total. The SMILES string of the molecule is CCC(C)(C)NC(=O)C(C)S(=O)CC(C)C(=O)OC. The molecule has 0 aliphatic rings. The van der Waals surface area contributed by atoms with Crippen molar-refractivity contribution in [3.63, 3.8) is 0 Å². The normalized spacial score (nSPS) is 16.3. The molecule has 19 heavy (non-hydrogen) atoms. The van der Waals surface area contributed by atoms with Crippen molar-refractivity contribution in [2.45, 2.75) is 51.8 Å². The summed E-state index contributed by atoms with van der Waals surface area (Å²) in [5, 5.41) is 2.21. The molecular weight excluding hydrogens is 266 g/mol. The van der Waals surface area contributed by atoms with Crippen molar-refractivity contribution in [2.24, 2.45) is 5.92 Å². The maximum absolute atomic E-state index is 12.0. The van der Waals surface area contributed by atoms with Crippen molar-refractivity contribution >= 4 is 22.7 Å². The topological polar surface area (TPSA) is 72.5 Å². The van der Waals surface area contributed by atoms with Gasteiger partial charge in [0, 0.05) is 22.1 Å². The molecule has 6 heteroatoms. The Kier molecular flexibility index (Phi) is 7.26. The molecule has 0 saturated heterocycles. The summed E-state index contributed by atoms with van der Waals surface area (Å²) in [5.41, 5.74) is -0.316. The number of methoxy groups -OCH3 is 1. The van der Waals surface area contributed by atoms with Gasteiger partial charge in [-0.15, -0.1) is 0 Å². The highest BCUT2D eigenvalue weighted by atomic mass is 32.2. The van der Waals surface area contributed by atoms with E-state index >= 15 is 0 Å². The summed E-state index contributed by atoms with van der Waals surface area (Å²) in [7, 11) is -0.103. The van der Waals surface area contributed by atoms with E-state index in [9.17, 15) is 13.8 Å². The van der Waals surface area contributed by atoms with Crippen LogP contribution >= 0.6 is 0 Å². The van der Waals surface area contributed by atoms with Crippen LogP contribution in [-0.2, 0) is 25.1 Å². The zero-order valence-electron chi connectivity index (χ0n) is 12.6. The largest absolute Gasteiger partial charge is 0.469 e. The number of carbonyl (C=O) groups excluding carboxylic acids is 2. The molecule has 0 radical (unpaired) electrons. The number of hydrogen-bond donors (Lipinski definition) is 1. The van der Waals surface area contributed by atoms with E-state index < -0.39 is 27.9 Å². The first-order valence-electron chi connectivity index (χ1n) is 6.41. The lowest BCUT2D eigenvalue weighted by Crippen LogP contribution is -2.48. The van der Waals surface area contributed by atoms with Crippen LogP contribution in [0.1, 0.15) is 41.0 Å². The lowest BCUT2D eigenvalue weighted by Gasteiger charge is -2.26. The van der Waals surface area contributed by atoms with Gasteiger partial charge in [0.05, 0.1) is 13.0 Å². The predicted molar refractivity (Wildman–Crippen MR) is 76.2 cm³/mol. The van der Waals surface area contributed by atoms with Gasteiger partial charge in [0.25, 0.3) is 0 Å². The molecule has 1 amide bonds. The van der Waals surface area contributed by atoms with E-state index in [1.807, 2.05) is 20.8 Å². The summed E-state index contributed by atoms with van der Waals surface area (Å²) in [6, 6.07) is 0. The highest BCUT2D eigenvalue weighted by Crippen LogP contribution is 2.10. The quantitative estimate of drug-likeness (QED) is 0.716. The average Bonchev–Trinajstić information content (AvgIpc) is 2.35. The zero-order valence-corrected chi connectivity index (χ0v) is 13.4. The Morgan fingerprint density at radius 2 is 1.84 bits per heavy atom. The number of nitrogens with one attached hydrogen (secondary N) is 1. The van der Waals surface area contributed by atoms with Crippen LogP contribution in [0.25, 0.3) is 0 Å². The van der Waals surface area contributed by atoms with Crippen molar-refractivity contribution < 1.29 is 18.5 Å². The smallest absolute Gasteiger partial charge is 0.309 e. The Morgan fingerprint density at radius 3 is 2.26 bits per heavy atom. The first-order valence-corrected chi connectivity index (χ1v) is 7.79. The van der Waals surface area contributed by atoms with Gasteiger partial charge in [-0.1, -0.05) is 13.8 Å². The fraction of sp³-hybridized carbons (Fsp3) is 0.846. The molecule has 0 rings (SSSR count).